The van der Waals surface area contributed by atoms with Crippen LogP contribution >= 0.6 is 0 Å². The van der Waals surface area contributed by atoms with Crippen LogP contribution in [0.5, 0.6) is 5.75 Å². The SMILES string of the molecule is OC1=CCOc2cnccc21. The Hall–Kier alpha value is -1.51. The summed E-state index contributed by atoms with van der Waals surface area (Å²) in [6.45, 7) is 0.421. The average molecular weight is 149 g/mol. The van der Waals surface area contributed by atoms with Crippen LogP contribution in [0.15, 0.2) is 24.5 Å². The van der Waals surface area contributed by atoms with Gasteiger partial charge in [0.05, 0.1) is 11.8 Å². The summed E-state index contributed by atoms with van der Waals surface area (Å²) in [7, 11) is 0. The highest BCUT2D eigenvalue weighted by Crippen LogP contribution is 2.25. The Morgan fingerprint density at radius 3 is 3.27 bits per heavy atom. The van der Waals surface area contributed by atoms with Gasteiger partial charge in [0.15, 0.2) is 0 Å². The first-order valence-corrected chi connectivity index (χ1v) is 3.34. The number of aromatic nitrogens is 1. The van der Waals surface area contributed by atoms with E-state index < -0.39 is 0 Å². The van der Waals surface area contributed by atoms with Gasteiger partial charge in [-0.25, -0.2) is 0 Å². The van der Waals surface area contributed by atoms with Gasteiger partial charge < -0.3 is 9.84 Å². The van der Waals surface area contributed by atoms with E-state index in [1.807, 2.05) is 0 Å². The zero-order valence-electron chi connectivity index (χ0n) is 5.82. The first-order valence-electron chi connectivity index (χ1n) is 3.34. The summed E-state index contributed by atoms with van der Waals surface area (Å²) in [5.74, 6) is 0.918. The molecule has 1 aliphatic heterocycles. The first kappa shape index (κ1) is 6.22. The Kier molecular flexibility index (Phi) is 1.28. The minimum absolute atomic E-state index is 0.272. The van der Waals surface area contributed by atoms with Gasteiger partial charge in [-0.2, -0.15) is 0 Å². The smallest absolute Gasteiger partial charge is 0.148 e. The molecule has 0 saturated heterocycles. The summed E-state index contributed by atoms with van der Waals surface area (Å²) < 4.78 is 5.19. The summed E-state index contributed by atoms with van der Waals surface area (Å²) in [4.78, 5) is 3.87. The van der Waals surface area contributed by atoms with E-state index in [2.05, 4.69) is 4.98 Å². The second-order valence-electron chi connectivity index (χ2n) is 2.27. The van der Waals surface area contributed by atoms with E-state index in [0.717, 1.165) is 0 Å². The lowest BCUT2D eigenvalue weighted by molar-refractivity contribution is 0.344. The number of nitrogens with zero attached hydrogens (tertiary/aromatic N) is 1. The van der Waals surface area contributed by atoms with Gasteiger partial charge in [0.1, 0.15) is 18.1 Å². The molecular formula is C8H7NO2. The van der Waals surface area contributed by atoms with Crippen molar-refractivity contribution >= 4 is 5.76 Å². The van der Waals surface area contributed by atoms with Gasteiger partial charge in [0.25, 0.3) is 0 Å². The number of ether oxygens (including phenoxy) is 1. The predicted molar refractivity (Wildman–Crippen MR) is 40.3 cm³/mol. The molecule has 0 bridgehead atoms. The molecule has 1 aromatic heterocycles. The van der Waals surface area contributed by atoms with Crippen molar-refractivity contribution in [3.63, 3.8) is 0 Å². The third-order valence-corrected chi connectivity index (χ3v) is 1.58. The number of hydrogen-bond donors (Lipinski definition) is 1. The van der Waals surface area contributed by atoms with Crippen LogP contribution < -0.4 is 4.74 Å². The van der Waals surface area contributed by atoms with Gasteiger partial charge in [0.2, 0.25) is 0 Å². The molecule has 0 atom stereocenters. The maximum Gasteiger partial charge on any atom is 0.148 e. The zero-order chi connectivity index (χ0) is 7.68. The Balaban J connectivity index is 2.56. The zero-order valence-corrected chi connectivity index (χ0v) is 5.82. The number of fused-ring (bicyclic) bond motifs is 1. The molecule has 0 spiro atoms. The lowest BCUT2D eigenvalue weighted by atomic mass is 10.2. The van der Waals surface area contributed by atoms with Gasteiger partial charge in [0, 0.05) is 6.20 Å². The molecule has 0 aromatic carbocycles. The van der Waals surface area contributed by atoms with Gasteiger partial charge in [-0.3, -0.25) is 4.98 Å². The highest BCUT2D eigenvalue weighted by atomic mass is 16.5. The molecular weight excluding hydrogens is 142 g/mol. The first-order chi connectivity index (χ1) is 5.38. The molecule has 2 heterocycles. The lowest BCUT2D eigenvalue weighted by Crippen LogP contribution is -2.04. The monoisotopic (exact) mass is 149 g/mol. The molecule has 11 heavy (non-hydrogen) atoms. The van der Waals surface area contributed by atoms with Crippen LogP contribution in [-0.2, 0) is 0 Å². The van der Waals surface area contributed by atoms with Crippen LogP contribution in [-0.4, -0.2) is 16.7 Å². The maximum absolute atomic E-state index is 9.31. The normalized spacial score (nSPS) is 14.7. The number of aliphatic hydroxyl groups excluding tert-OH is 1. The molecule has 3 heteroatoms. The quantitative estimate of drug-likeness (QED) is 0.605. The molecule has 0 unspecified atom stereocenters. The van der Waals surface area contributed by atoms with Gasteiger partial charge in [-0.15, -0.1) is 0 Å². The number of hydrogen-bond acceptors (Lipinski definition) is 3. The Morgan fingerprint density at radius 1 is 1.55 bits per heavy atom. The van der Waals surface area contributed by atoms with E-state index in [-0.39, 0.29) is 5.76 Å². The molecule has 1 aliphatic rings. The predicted octanol–water partition coefficient (Wildman–Crippen LogP) is 1.37. The summed E-state index contributed by atoms with van der Waals surface area (Å²) >= 11 is 0. The third kappa shape index (κ3) is 0.941. The Morgan fingerprint density at radius 2 is 2.45 bits per heavy atom. The van der Waals surface area contributed by atoms with E-state index in [1.165, 1.54) is 0 Å². The van der Waals surface area contributed by atoms with E-state index in [4.69, 9.17) is 4.74 Å². The van der Waals surface area contributed by atoms with Gasteiger partial charge >= 0.3 is 0 Å². The maximum atomic E-state index is 9.31. The van der Waals surface area contributed by atoms with Crippen LogP contribution in [0.2, 0.25) is 0 Å². The Labute approximate surface area is 64.0 Å². The largest absolute Gasteiger partial charge is 0.507 e. The molecule has 1 N–H and O–H groups in total. The van der Waals surface area contributed by atoms with Crippen LogP contribution in [0.3, 0.4) is 0 Å². The molecule has 0 fully saturated rings. The van der Waals surface area contributed by atoms with Crippen molar-refractivity contribution < 1.29 is 9.84 Å². The average Bonchev–Trinajstić information content (AvgIpc) is 2.06. The van der Waals surface area contributed by atoms with Gasteiger partial charge in [-0.05, 0) is 12.1 Å². The Bertz CT molecular complexity index is 307. The number of rotatable bonds is 0. The standard InChI is InChI=1S/C8H7NO2/c10-7-2-4-11-8-5-9-3-1-6(7)8/h1-3,5,10H,4H2. The molecule has 56 valence electrons. The second-order valence-corrected chi connectivity index (χ2v) is 2.27. The van der Waals surface area contributed by atoms with Crippen molar-refractivity contribution in [2.75, 3.05) is 6.61 Å². The second kappa shape index (κ2) is 2.27. The number of pyridine rings is 1. The van der Waals surface area contributed by atoms with Crippen LogP contribution in [0, 0.1) is 0 Å². The van der Waals surface area contributed by atoms with Crippen molar-refractivity contribution in [2.45, 2.75) is 0 Å². The fourth-order valence-corrected chi connectivity index (χ4v) is 1.03. The summed E-state index contributed by atoms with van der Waals surface area (Å²) in [6.07, 6.45) is 4.85. The summed E-state index contributed by atoms with van der Waals surface area (Å²) in [5, 5.41) is 9.31. The minimum atomic E-state index is 0.272. The summed E-state index contributed by atoms with van der Waals surface area (Å²) in [6, 6.07) is 1.72. The number of aliphatic hydroxyl groups is 1. The van der Waals surface area contributed by atoms with Crippen LogP contribution in [0.4, 0.5) is 0 Å². The van der Waals surface area contributed by atoms with E-state index in [9.17, 15) is 5.11 Å². The summed E-state index contributed by atoms with van der Waals surface area (Å²) in [5.41, 5.74) is 0.714. The van der Waals surface area contributed by atoms with E-state index >= 15 is 0 Å². The van der Waals surface area contributed by atoms with Gasteiger partial charge in [-0.1, -0.05) is 0 Å². The molecule has 0 saturated carbocycles. The molecule has 0 aliphatic carbocycles. The fourth-order valence-electron chi connectivity index (χ4n) is 1.03. The van der Waals surface area contributed by atoms with Crippen molar-refractivity contribution in [2.24, 2.45) is 0 Å². The van der Waals surface area contributed by atoms with Crippen LogP contribution in [0.1, 0.15) is 5.56 Å². The van der Waals surface area contributed by atoms with Crippen LogP contribution in [0.25, 0.3) is 5.76 Å². The fraction of sp³-hybridized carbons (Fsp3) is 0.125. The van der Waals surface area contributed by atoms with E-state index in [1.54, 1.807) is 24.5 Å². The molecule has 1 aromatic rings. The van der Waals surface area contributed by atoms with Crippen molar-refractivity contribution in [3.8, 4) is 5.75 Å². The highest BCUT2D eigenvalue weighted by Gasteiger charge is 2.10. The molecule has 0 amide bonds. The molecule has 2 rings (SSSR count). The third-order valence-electron chi connectivity index (χ3n) is 1.58. The minimum Gasteiger partial charge on any atom is -0.507 e. The topological polar surface area (TPSA) is 42.4 Å². The van der Waals surface area contributed by atoms with Crippen molar-refractivity contribution in [1.29, 1.82) is 0 Å². The van der Waals surface area contributed by atoms with E-state index in [0.29, 0.717) is 17.9 Å². The van der Waals surface area contributed by atoms with Crippen molar-refractivity contribution in [1.82, 2.24) is 4.98 Å². The molecule has 3 nitrogen and oxygen atoms in total. The highest BCUT2D eigenvalue weighted by molar-refractivity contribution is 5.65. The van der Waals surface area contributed by atoms with Crippen molar-refractivity contribution in [3.05, 3.63) is 30.1 Å². The molecule has 0 radical (unpaired) electrons. The lowest BCUT2D eigenvalue weighted by Gasteiger charge is -2.13.